The van der Waals surface area contributed by atoms with E-state index >= 15 is 0 Å². The Hall–Kier alpha value is -2.29. The van der Waals surface area contributed by atoms with Gasteiger partial charge in [-0.25, -0.2) is 4.79 Å². The van der Waals surface area contributed by atoms with Gasteiger partial charge in [-0.05, 0) is 49.2 Å². The molecule has 0 aliphatic rings. The van der Waals surface area contributed by atoms with Crippen molar-refractivity contribution in [1.82, 2.24) is 0 Å². The number of carbonyl (C=O) groups is 1. The number of benzene rings is 1. The van der Waals surface area contributed by atoms with Crippen molar-refractivity contribution in [3.8, 4) is 5.75 Å². The van der Waals surface area contributed by atoms with Crippen molar-refractivity contribution < 1.29 is 13.9 Å². The van der Waals surface area contributed by atoms with Gasteiger partial charge >= 0.3 is 5.97 Å². The summed E-state index contributed by atoms with van der Waals surface area (Å²) in [5, 5.41) is 0. The van der Waals surface area contributed by atoms with Crippen LogP contribution < -0.4 is 4.74 Å². The first-order chi connectivity index (χ1) is 8.65. The van der Waals surface area contributed by atoms with Gasteiger partial charge in [0.05, 0.1) is 6.26 Å². The molecule has 1 aromatic heterocycles. The molecule has 2 aromatic rings. The zero-order valence-electron chi connectivity index (χ0n) is 10.3. The van der Waals surface area contributed by atoms with E-state index in [9.17, 15) is 4.79 Å². The van der Waals surface area contributed by atoms with Gasteiger partial charge in [-0.15, -0.1) is 0 Å². The van der Waals surface area contributed by atoms with Gasteiger partial charge in [0.1, 0.15) is 11.5 Å². The first-order valence-corrected chi connectivity index (χ1v) is 5.66. The molecule has 92 valence electrons. The molecule has 0 radical (unpaired) electrons. The van der Waals surface area contributed by atoms with Crippen molar-refractivity contribution in [2.75, 3.05) is 0 Å². The molecule has 0 saturated heterocycles. The van der Waals surface area contributed by atoms with Crippen LogP contribution in [-0.2, 0) is 4.79 Å². The number of rotatable bonds is 3. The Kier molecular flexibility index (Phi) is 3.63. The lowest BCUT2D eigenvalue weighted by molar-refractivity contribution is -0.128. The molecule has 0 saturated carbocycles. The predicted molar refractivity (Wildman–Crippen MR) is 69.3 cm³/mol. The Morgan fingerprint density at radius 2 is 2.11 bits per heavy atom. The average Bonchev–Trinajstić information content (AvgIpc) is 2.84. The fraction of sp³-hybridized carbons (Fsp3) is 0.133. The number of aryl methyl sites for hydroxylation is 2. The van der Waals surface area contributed by atoms with E-state index in [0.29, 0.717) is 11.5 Å². The molecule has 2 rings (SSSR count). The lowest BCUT2D eigenvalue weighted by Gasteiger charge is -2.05. The standard InChI is InChI=1S/C15H14O3/c1-11-5-6-12(2)14(10-11)18-15(16)8-7-13-4-3-9-17-13/h3-10H,1-2H3. The second-order valence-electron chi connectivity index (χ2n) is 4.04. The van der Waals surface area contributed by atoms with Crippen molar-refractivity contribution in [3.63, 3.8) is 0 Å². The van der Waals surface area contributed by atoms with Crippen LogP contribution in [0.1, 0.15) is 16.9 Å². The van der Waals surface area contributed by atoms with Crippen molar-refractivity contribution in [2.24, 2.45) is 0 Å². The van der Waals surface area contributed by atoms with E-state index in [0.717, 1.165) is 11.1 Å². The summed E-state index contributed by atoms with van der Waals surface area (Å²) in [4.78, 5) is 11.6. The van der Waals surface area contributed by atoms with Crippen LogP contribution in [0.4, 0.5) is 0 Å². The second-order valence-corrected chi connectivity index (χ2v) is 4.04. The van der Waals surface area contributed by atoms with Gasteiger partial charge in [0.2, 0.25) is 0 Å². The van der Waals surface area contributed by atoms with Gasteiger partial charge in [0.25, 0.3) is 0 Å². The topological polar surface area (TPSA) is 39.4 Å². The largest absolute Gasteiger partial charge is 0.465 e. The average molecular weight is 242 g/mol. The maximum absolute atomic E-state index is 11.6. The number of carbonyl (C=O) groups excluding carboxylic acids is 1. The van der Waals surface area contributed by atoms with Crippen molar-refractivity contribution in [3.05, 3.63) is 59.6 Å². The monoisotopic (exact) mass is 242 g/mol. The third kappa shape index (κ3) is 3.10. The number of furan rings is 1. The molecule has 0 amide bonds. The van der Waals surface area contributed by atoms with Gasteiger partial charge in [0, 0.05) is 6.08 Å². The van der Waals surface area contributed by atoms with E-state index in [-0.39, 0.29) is 0 Å². The lowest BCUT2D eigenvalue weighted by atomic mass is 10.1. The zero-order valence-corrected chi connectivity index (χ0v) is 10.3. The maximum atomic E-state index is 11.6. The summed E-state index contributed by atoms with van der Waals surface area (Å²) < 4.78 is 10.3. The molecule has 0 fully saturated rings. The van der Waals surface area contributed by atoms with Crippen molar-refractivity contribution in [1.29, 1.82) is 0 Å². The van der Waals surface area contributed by atoms with E-state index < -0.39 is 5.97 Å². The van der Waals surface area contributed by atoms with E-state index in [2.05, 4.69) is 0 Å². The minimum atomic E-state index is -0.417. The quantitative estimate of drug-likeness (QED) is 0.469. The highest BCUT2D eigenvalue weighted by Crippen LogP contribution is 2.19. The Balaban J connectivity index is 2.05. The van der Waals surface area contributed by atoms with Crippen molar-refractivity contribution >= 4 is 12.0 Å². The van der Waals surface area contributed by atoms with Crippen LogP contribution in [0.25, 0.3) is 6.08 Å². The summed E-state index contributed by atoms with van der Waals surface area (Å²) >= 11 is 0. The van der Waals surface area contributed by atoms with E-state index in [1.807, 2.05) is 32.0 Å². The van der Waals surface area contributed by atoms with Crippen molar-refractivity contribution in [2.45, 2.75) is 13.8 Å². The molecule has 0 spiro atoms. The normalized spacial score (nSPS) is 10.8. The SMILES string of the molecule is Cc1ccc(C)c(OC(=O)C=Cc2ccco2)c1. The number of hydrogen-bond donors (Lipinski definition) is 0. The van der Waals surface area contributed by atoms with Gasteiger partial charge in [-0.2, -0.15) is 0 Å². The van der Waals surface area contributed by atoms with Crippen LogP contribution in [-0.4, -0.2) is 5.97 Å². The fourth-order valence-corrected chi connectivity index (χ4v) is 1.50. The first-order valence-electron chi connectivity index (χ1n) is 5.66. The third-order valence-corrected chi connectivity index (χ3v) is 2.48. The Labute approximate surface area is 106 Å². The molecule has 0 bridgehead atoms. The molecule has 3 nitrogen and oxygen atoms in total. The molecule has 0 N–H and O–H groups in total. The fourth-order valence-electron chi connectivity index (χ4n) is 1.50. The predicted octanol–water partition coefficient (Wildman–Crippen LogP) is 3.52. The summed E-state index contributed by atoms with van der Waals surface area (Å²) in [6, 6.07) is 9.27. The second kappa shape index (κ2) is 5.36. The molecule has 0 atom stereocenters. The summed E-state index contributed by atoms with van der Waals surface area (Å²) in [5.41, 5.74) is 1.98. The highest BCUT2D eigenvalue weighted by atomic mass is 16.5. The van der Waals surface area contributed by atoms with Crippen LogP contribution in [0.5, 0.6) is 5.75 Å². The highest BCUT2D eigenvalue weighted by Gasteiger charge is 2.04. The first kappa shape index (κ1) is 12.2. The van der Waals surface area contributed by atoms with Crippen LogP contribution in [0.2, 0.25) is 0 Å². The van der Waals surface area contributed by atoms with Crippen LogP contribution in [0, 0.1) is 13.8 Å². The number of hydrogen-bond acceptors (Lipinski definition) is 3. The minimum absolute atomic E-state index is 0.417. The van der Waals surface area contributed by atoms with Gasteiger partial charge in [-0.3, -0.25) is 0 Å². The van der Waals surface area contributed by atoms with E-state index in [1.165, 1.54) is 6.08 Å². The highest BCUT2D eigenvalue weighted by molar-refractivity contribution is 5.88. The summed E-state index contributed by atoms with van der Waals surface area (Å²) in [6.07, 6.45) is 4.48. The van der Waals surface area contributed by atoms with Gasteiger partial charge in [0.15, 0.2) is 0 Å². The van der Waals surface area contributed by atoms with Crippen LogP contribution >= 0.6 is 0 Å². The van der Waals surface area contributed by atoms with E-state index in [1.54, 1.807) is 24.5 Å². The lowest BCUT2D eigenvalue weighted by Crippen LogP contribution is -2.04. The molecule has 18 heavy (non-hydrogen) atoms. The Morgan fingerprint density at radius 1 is 1.28 bits per heavy atom. The summed E-state index contributed by atoms with van der Waals surface area (Å²) in [6.45, 7) is 3.85. The molecular formula is C15H14O3. The number of esters is 1. The van der Waals surface area contributed by atoms with Crippen LogP contribution in [0.3, 0.4) is 0 Å². The minimum Gasteiger partial charge on any atom is -0.465 e. The van der Waals surface area contributed by atoms with Gasteiger partial charge in [-0.1, -0.05) is 12.1 Å². The smallest absolute Gasteiger partial charge is 0.336 e. The molecule has 1 aromatic carbocycles. The number of ether oxygens (including phenoxy) is 1. The third-order valence-electron chi connectivity index (χ3n) is 2.48. The molecule has 1 heterocycles. The molecule has 0 aliphatic carbocycles. The maximum Gasteiger partial charge on any atom is 0.336 e. The molecule has 3 heteroatoms. The Bertz CT molecular complexity index is 565. The summed E-state index contributed by atoms with van der Waals surface area (Å²) in [5.74, 6) is 0.789. The van der Waals surface area contributed by atoms with E-state index in [4.69, 9.17) is 9.15 Å². The molecule has 0 aliphatic heterocycles. The van der Waals surface area contributed by atoms with Gasteiger partial charge < -0.3 is 9.15 Å². The van der Waals surface area contributed by atoms with Crippen LogP contribution in [0.15, 0.2) is 47.1 Å². The molecular weight excluding hydrogens is 228 g/mol. The molecule has 0 unspecified atom stereocenters. The summed E-state index contributed by atoms with van der Waals surface area (Å²) in [7, 11) is 0. The Morgan fingerprint density at radius 3 is 2.83 bits per heavy atom. The zero-order chi connectivity index (χ0) is 13.0.